The van der Waals surface area contributed by atoms with Crippen molar-refractivity contribution in [2.75, 3.05) is 6.54 Å². The lowest BCUT2D eigenvalue weighted by molar-refractivity contribution is -0.137. The number of halogens is 1. The van der Waals surface area contributed by atoms with E-state index in [1.165, 1.54) is 6.07 Å². The Labute approximate surface area is 123 Å². The number of nitrogens with one attached hydrogen (secondary N) is 2. The average molecular weight is 296 g/mol. The third kappa shape index (κ3) is 7.29. The summed E-state index contributed by atoms with van der Waals surface area (Å²) < 4.78 is 13.3. The Bertz CT molecular complexity index is 480. The fourth-order valence-corrected chi connectivity index (χ4v) is 1.83. The molecule has 6 heteroatoms. The molecule has 1 unspecified atom stereocenters. The van der Waals surface area contributed by atoms with Crippen molar-refractivity contribution in [3.05, 3.63) is 35.6 Å². The van der Waals surface area contributed by atoms with E-state index in [-0.39, 0.29) is 30.7 Å². The maximum Gasteiger partial charge on any atom is 0.315 e. The summed E-state index contributed by atoms with van der Waals surface area (Å²) in [5.41, 5.74) is 0.433. The maximum atomic E-state index is 13.3. The first-order valence-electron chi connectivity index (χ1n) is 6.96. The predicted octanol–water partition coefficient (Wildman–Crippen LogP) is 2.52. The van der Waals surface area contributed by atoms with Crippen LogP contribution in [-0.4, -0.2) is 23.7 Å². The fourth-order valence-electron chi connectivity index (χ4n) is 1.83. The number of hydrogen-bond donors (Lipinski definition) is 3. The Hall–Kier alpha value is -2.11. The molecule has 0 bridgehead atoms. The lowest BCUT2D eigenvalue weighted by Crippen LogP contribution is -2.36. The SMILES string of the molecule is CC(CCNC(=O)NCc1ccccc1F)CCC(=O)O. The van der Waals surface area contributed by atoms with Crippen LogP contribution in [0.3, 0.4) is 0 Å². The van der Waals surface area contributed by atoms with Gasteiger partial charge in [-0.3, -0.25) is 4.79 Å². The molecule has 0 aliphatic rings. The molecule has 0 spiro atoms. The van der Waals surface area contributed by atoms with E-state index >= 15 is 0 Å². The van der Waals surface area contributed by atoms with Crippen LogP contribution in [0.1, 0.15) is 31.7 Å². The van der Waals surface area contributed by atoms with Crippen molar-refractivity contribution in [2.24, 2.45) is 5.92 Å². The number of benzene rings is 1. The minimum atomic E-state index is -0.808. The van der Waals surface area contributed by atoms with Crippen molar-refractivity contribution >= 4 is 12.0 Å². The second-order valence-corrected chi connectivity index (χ2v) is 5.03. The largest absolute Gasteiger partial charge is 0.481 e. The molecule has 0 aliphatic carbocycles. The Morgan fingerprint density at radius 1 is 1.24 bits per heavy atom. The average Bonchev–Trinajstić information content (AvgIpc) is 2.44. The number of rotatable bonds is 8. The zero-order valence-corrected chi connectivity index (χ0v) is 12.1. The van der Waals surface area contributed by atoms with Gasteiger partial charge in [0, 0.05) is 25.1 Å². The third-order valence-corrected chi connectivity index (χ3v) is 3.17. The van der Waals surface area contributed by atoms with E-state index < -0.39 is 5.97 Å². The number of hydrogen-bond acceptors (Lipinski definition) is 2. The van der Waals surface area contributed by atoms with E-state index in [0.717, 1.165) is 0 Å². The summed E-state index contributed by atoms with van der Waals surface area (Å²) in [5.74, 6) is -0.925. The molecule has 0 heterocycles. The molecular formula is C15H21FN2O3. The van der Waals surface area contributed by atoms with Crippen LogP contribution >= 0.6 is 0 Å². The number of urea groups is 1. The Kier molecular flexibility index (Phi) is 7.21. The van der Waals surface area contributed by atoms with Crippen LogP contribution in [0.5, 0.6) is 0 Å². The minimum Gasteiger partial charge on any atom is -0.481 e. The highest BCUT2D eigenvalue weighted by Crippen LogP contribution is 2.09. The van der Waals surface area contributed by atoms with Gasteiger partial charge in [-0.25, -0.2) is 9.18 Å². The smallest absolute Gasteiger partial charge is 0.315 e. The first-order chi connectivity index (χ1) is 9.99. The Morgan fingerprint density at radius 3 is 2.62 bits per heavy atom. The zero-order valence-electron chi connectivity index (χ0n) is 12.1. The number of carbonyl (C=O) groups excluding carboxylic acids is 1. The monoisotopic (exact) mass is 296 g/mol. The lowest BCUT2D eigenvalue weighted by atomic mass is 10.0. The highest BCUT2D eigenvalue weighted by atomic mass is 19.1. The van der Waals surface area contributed by atoms with Gasteiger partial charge in [-0.15, -0.1) is 0 Å². The summed E-state index contributed by atoms with van der Waals surface area (Å²) in [5, 5.41) is 13.8. The lowest BCUT2D eigenvalue weighted by Gasteiger charge is -2.11. The molecule has 0 radical (unpaired) electrons. The quantitative estimate of drug-likeness (QED) is 0.689. The summed E-state index contributed by atoms with van der Waals surface area (Å²) in [4.78, 5) is 22.0. The predicted molar refractivity (Wildman–Crippen MR) is 77.3 cm³/mol. The molecule has 0 fully saturated rings. The third-order valence-electron chi connectivity index (χ3n) is 3.17. The van der Waals surface area contributed by atoms with Crippen molar-refractivity contribution in [1.29, 1.82) is 0 Å². The van der Waals surface area contributed by atoms with Crippen LogP contribution in [0, 0.1) is 11.7 Å². The number of aliphatic carboxylic acids is 1. The summed E-state index contributed by atoms with van der Waals surface area (Å²) in [6, 6.07) is 5.91. The van der Waals surface area contributed by atoms with Crippen LogP contribution in [0.25, 0.3) is 0 Å². The molecular weight excluding hydrogens is 275 g/mol. The van der Waals surface area contributed by atoms with Crippen molar-refractivity contribution < 1.29 is 19.1 Å². The minimum absolute atomic E-state index is 0.132. The Morgan fingerprint density at radius 2 is 1.95 bits per heavy atom. The summed E-state index contributed by atoms with van der Waals surface area (Å²) in [6.45, 7) is 2.54. The van der Waals surface area contributed by atoms with E-state index in [9.17, 15) is 14.0 Å². The van der Waals surface area contributed by atoms with E-state index in [1.807, 2.05) is 6.92 Å². The van der Waals surface area contributed by atoms with E-state index in [1.54, 1.807) is 18.2 Å². The van der Waals surface area contributed by atoms with Gasteiger partial charge in [0.25, 0.3) is 0 Å². The van der Waals surface area contributed by atoms with E-state index in [4.69, 9.17) is 5.11 Å². The molecule has 116 valence electrons. The molecule has 0 aliphatic heterocycles. The van der Waals surface area contributed by atoms with Gasteiger partial charge in [0.1, 0.15) is 5.82 Å². The number of carboxylic acid groups (broad SMARTS) is 1. The van der Waals surface area contributed by atoms with Gasteiger partial charge in [-0.05, 0) is 24.8 Å². The number of carbonyl (C=O) groups is 2. The van der Waals surface area contributed by atoms with Crippen LogP contribution in [0.2, 0.25) is 0 Å². The molecule has 0 aromatic heterocycles. The highest BCUT2D eigenvalue weighted by Gasteiger charge is 2.07. The van der Waals surface area contributed by atoms with Gasteiger partial charge >= 0.3 is 12.0 Å². The van der Waals surface area contributed by atoms with Gasteiger partial charge < -0.3 is 15.7 Å². The molecule has 5 nitrogen and oxygen atoms in total. The van der Waals surface area contributed by atoms with Gasteiger partial charge in [0.2, 0.25) is 0 Å². The van der Waals surface area contributed by atoms with Crippen LogP contribution in [0.15, 0.2) is 24.3 Å². The molecule has 1 aromatic rings. The van der Waals surface area contributed by atoms with Gasteiger partial charge in [0.15, 0.2) is 0 Å². The van der Waals surface area contributed by atoms with Crippen LogP contribution in [0.4, 0.5) is 9.18 Å². The summed E-state index contributed by atoms with van der Waals surface area (Å²) in [6.07, 6.45) is 1.44. The standard InChI is InChI=1S/C15H21FN2O3/c1-11(6-7-14(19)20)8-9-17-15(21)18-10-12-4-2-3-5-13(12)16/h2-5,11H,6-10H2,1H3,(H,19,20)(H2,17,18,21). The molecule has 0 saturated carbocycles. The van der Waals surface area contributed by atoms with E-state index in [2.05, 4.69) is 10.6 Å². The van der Waals surface area contributed by atoms with Crippen molar-refractivity contribution in [3.8, 4) is 0 Å². The molecule has 1 rings (SSSR count). The normalized spacial score (nSPS) is 11.7. The van der Waals surface area contributed by atoms with E-state index in [0.29, 0.717) is 24.9 Å². The summed E-state index contributed by atoms with van der Waals surface area (Å²) >= 11 is 0. The molecule has 21 heavy (non-hydrogen) atoms. The van der Waals surface area contributed by atoms with Crippen molar-refractivity contribution in [1.82, 2.24) is 10.6 Å². The molecule has 2 amide bonds. The molecule has 1 atom stereocenters. The van der Waals surface area contributed by atoms with Gasteiger partial charge in [0.05, 0.1) is 0 Å². The van der Waals surface area contributed by atoms with Crippen molar-refractivity contribution in [3.63, 3.8) is 0 Å². The first kappa shape index (κ1) is 16.9. The maximum absolute atomic E-state index is 13.3. The second-order valence-electron chi connectivity index (χ2n) is 5.03. The Balaban J connectivity index is 2.17. The van der Waals surface area contributed by atoms with Crippen LogP contribution in [-0.2, 0) is 11.3 Å². The van der Waals surface area contributed by atoms with Crippen LogP contribution < -0.4 is 10.6 Å². The van der Waals surface area contributed by atoms with Gasteiger partial charge in [-0.1, -0.05) is 25.1 Å². The first-order valence-corrected chi connectivity index (χ1v) is 6.96. The topological polar surface area (TPSA) is 78.4 Å². The second kappa shape index (κ2) is 8.94. The highest BCUT2D eigenvalue weighted by molar-refractivity contribution is 5.73. The fraction of sp³-hybridized carbons (Fsp3) is 0.467. The van der Waals surface area contributed by atoms with Gasteiger partial charge in [-0.2, -0.15) is 0 Å². The molecule has 0 saturated heterocycles. The number of amides is 2. The summed E-state index contributed by atoms with van der Waals surface area (Å²) in [7, 11) is 0. The number of carboxylic acids is 1. The zero-order chi connectivity index (χ0) is 15.7. The molecule has 3 N–H and O–H groups in total. The van der Waals surface area contributed by atoms with Crippen molar-refractivity contribution in [2.45, 2.75) is 32.7 Å². The molecule has 1 aromatic carbocycles.